The van der Waals surface area contributed by atoms with Gasteiger partial charge in [-0.25, -0.2) is 4.98 Å². The number of nitrogens with zero attached hydrogens (tertiary/aromatic N) is 3. The minimum atomic E-state index is 0.685. The number of fused-ring (bicyclic) bond motifs is 1. The Kier molecular flexibility index (Phi) is 2.18. The molecule has 3 aromatic rings. The number of rotatable bonds is 1. The quantitative estimate of drug-likeness (QED) is 0.743. The lowest BCUT2D eigenvalue weighted by molar-refractivity contribution is 1.09. The van der Waals surface area contributed by atoms with Gasteiger partial charge in [0.1, 0.15) is 12.0 Å². The van der Waals surface area contributed by atoms with Crippen molar-refractivity contribution in [2.24, 2.45) is 0 Å². The van der Waals surface area contributed by atoms with Crippen LogP contribution >= 0.6 is 15.9 Å². The lowest BCUT2D eigenvalue weighted by atomic mass is 10.1. The van der Waals surface area contributed by atoms with E-state index in [4.69, 9.17) is 0 Å². The summed E-state index contributed by atoms with van der Waals surface area (Å²) in [7, 11) is 0. The average Bonchev–Trinajstić information content (AvgIpc) is 2.82. The van der Waals surface area contributed by atoms with E-state index in [0.29, 0.717) is 5.82 Å². The maximum absolute atomic E-state index is 4.34. The number of H-pyrrole nitrogens is 1. The minimum absolute atomic E-state index is 0.685. The summed E-state index contributed by atoms with van der Waals surface area (Å²) < 4.78 is 1.05. The van der Waals surface area contributed by atoms with Crippen molar-refractivity contribution in [1.82, 2.24) is 20.2 Å². The Morgan fingerprint density at radius 1 is 1.06 bits per heavy atom. The van der Waals surface area contributed by atoms with Crippen molar-refractivity contribution >= 4 is 26.7 Å². The first-order valence-electron chi connectivity index (χ1n) is 4.74. The smallest absolute Gasteiger partial charge is 0.174 e. The molecule has 1 N–H and O–H groups in total. The molecule has 0 saturated heterocycles. The first-order valence-corrected chi connectivity index (χ1v) is 5.53. The Morgan fingerprint density at radius 2 is 2.00 bits per heavy atom. The van der Waals surface area contributed by atoms with E-state index < -0.39 is 0 Å². The molecule has 0 fully saturated rings. The van der Waals surface area contributed by atoms with Crippen LogP contribution in [0.5, 0.6) is 0 Å². The molecule has 3 rings (SSSR count). The molecule has 0 radical (unpaired) electrons. The van der Waals surface area contributed by atoms with Gasteiger partial charge in [0.05, 0.1) is 0 Å². The molecule has 16 heavy (non-hydrogen) atoms. The van der Waals surface area contributed by atoms with E-state index >= 15 is 0 Å². The molecule has 0 aliphatic rings. The van der Waals surface area contributed by atoms with Crippen LogP contribution in [0.15, 0.2) is 41.3 Å². The van der Waals surface area contributed by atoms with Crippen molar-refractivity contribution in [2.75, 3.05) is 0 Å². The van der Waals surface area contributed by atoms with Gasteiger partial charge in [-0.2, -0.15) is 5.10 Å². The molecule has 0 unspecified atom stereocenters. The van der Waals surface area contributed by atoms with Crippen LogP contribution in [0.4, 0.5) is 0 Å². The highest BCUT2D eigenvalue weighted by molar-refractivity contribution is 9.10. The van der Waals surface area contributed by atoms with E-state index in [9.17, 15) is 0 Å². The van der Waals surface area contributed by atoms with Crippen molar-refractivity contribution in [3.63, 3.8) is 0 Å². The highest BCUT2D eigenvalue weighted by atomic mass is 79.9. The van der Waals surface area contributed by atoms with Gasteiger partial charge >= 0.3 is 0 Å². The number of pyridine rings is 1. The lowest BCUT2D eigenvalue weighted by Gasteiger charge is -2.00. The maximum Gasteiger partial charge on any atom is 0.174 e. The minimum Gasteiger partial charge on any atom is -0.258 e. The number of aromatic nitrogens is 4. The second-order valence-electron chi connectivity index (χ2n) is 3.40. The van der Waals surface area contributed by atoms with E-state index in [1.54, 1.807) is 0 Å². The highest BCUT2D eigenvalue weighted by Gasteiger charge is 2.03. The molecule has 5 heteroatoms. The predicted octanol–water partition coefficient (Wildman–Crippen LogP) is 2.78. The van der Waals surface area contributed by atoms with Gasteiger partial charge in [-0.3, -0.25) is 10.1 Å². The standard InChI is InChI=1S/C11H7BrN4/c12-9-2-1-7-4-10(11-14-6-15-16-11)13-5-8(7)3-9/h1-6H,(H,14,15,16). The number of aromatic amines is 1. The maximum atomic E-state index is 4.34. The zero-order valence-electron chi connectivity index (χ0n) is 8.18. The molecule has 2 aromatic heterocycles. The van der Waals surface area contributed by atoms with Gasteiger partial charge in [-0.05, 0) is 23.6 Å². The molecule has 0 bridgehead atoms. The van der Waals surface area contributed by atoms with Crippen LogP contribution in [0, 0.1) is 0 Å². The first kappa shape index (κ1) is 9.47. The summed E-state index contributed by atoms with van der Waals surface area (Å²) in [5.74, 6) is 0.685. The molecule has 1 aromatic carbocycles. The topological polar surface area (TPSA) is 54.5 Å². The molecule has 78 valence electrons. The number of hydrogen-bond donors (Lipinski definition) is 1. The molecule has 0 aliphatic carbocycles. The second kappa shape index (κ2) is 3.68. The largest absolute Gasteiger partial charge is 0.258 e. The molecule has 0 aliphatic heterocycles. The zero-order chi connectivity index (χ0) is 11.0. The first-order chi connectivity index (χ1) is 7.83. The van der Waals surface area contributed by atoms with E-state index in [2.05, 4.69) is 36.1 Å². The Hall–Kier alpha value is -1.75. The number of nitrogens with one attached hydrogen (secondary N) is 1. The summed E-state index contributed by atoms with van der Waals surface area (Å²) in [5, 5.41) is 8.83. The molecule has 0 amide bonds. The molecule has 0 spiro atoms. The van der Waals surface area contributed by atoms with Crippen LogP contribution in [-0.4, -0.2) is 20.2 Å². The van der Waals surface area contributed by atoms with E-state index in [-0.39, 0.29) is 0 Å². The normalized spacial score (nSPS) is 10.8. The summed E-state index contributed by atoms with van der Waals surface area (Å²) >= 11 is 3.43. The second-order valence-corrected chi connectivity index (χ2v) is 4.31. The third-order valence-corrected chi connectivity index (χ3v) is 2.83. The fourth-order valence-electron chi connectivity index (χ4n) is 1.57. The van der Waals surface area contributed by atoms with Gasteiger partial charge in [-0.15, -0.1) is 0 Å². The summed E-state index contributed by atoms with van der Waals surface area (Å²) in [6.07, 6.45) is 3.31. The molecule has 2 heterocycles. The van der Waals surface area contributed by atoms with Gasteiger partial charge < -0.3 is 0 Å². The van der Waals surface area contributed by atoms with Crippen molar-refractivity contribution in [2.45, 2.75) is 0 Å². The van der Waals surface area contributed by atoms with Crippen molar-refractivity contribution in [1.29, 1.82) is 0 Å². The lowest BCUT2D eigenvalue weighted by Crippen LogP contribution is -1.86. The fraction of sp³-hybridized carbons (Fsp3) is 0. The van der Waals surface area contributed by atoms with Crippen LogP contribution in [-0.2, 0) is 0 Å². The average molecular weight is 275 g/mol. The molecule has 4 nitrogen and oxygen atoms in total. The van der Waals surface area contributed by atoms with Crippen molar-refractivity contribution < 1.29 is 0 Å². The van der Waals surface area contributed by atoms with Crippen LogP contribution in [0.25, 0.3) is 22.3 Å². The van der Waals surface area contributed by atoms with Crippen LogP contribution in [0.3, 0.4) is 0 Å². The van der Waals surface area contributed by atoms with Crippen LogP contribution in [0.2, 0.25) is 0 Å². The third kappa shape index (κ3) is 1.59. The Morgan fingerprint density at radius 3 is 2.81 bits per heavy atom. The number of hydrogen-bond acceptors (Lipinski definition) is 3. The summed E-state index contributed by atoms with van der Waals surface area (Å²) in [4.78, 5) is 8.41. The fourth-order valence-corrected chi connectivity index (χ4v) is 1.95. The summed E-state index contributed by atoms with van der Waals surface area (Å²) in [6.45, 7) is 0. The van der Waals surface area contributed by atoms with Crippen LogP contribution in [0.1, 0.15) is 0 Å². The van der Waals surface area contributed by atoms with Gasteiger partial charge in [0.25, 0.3) is 0 Å². The van der Waals surface area contributed by atoms with Crippen molar-refractivity contribution in [3.05, 3.63) is 41.3 Å². The number of benzene rings is 1. The number of halogens is 1. The molecular formula is C11H7BrN4. The van der Waals surface area contributed by atoms with Gasteiger partial charge in [0.15, 0.2) is 5.82 Å². The Balaban J connectivity index is 2.20. The highest BCUT2D eigenvalue weighted by Crippen LogP contribution is 2.22. The van der Waals surface area contributed by atoms with E-state index in [1.807, 2.05) is 30.5 Å². The molecular weight excluding hydrogens is 268 g/mol. The Labute approximate surface area is 99.9 Å². The SMILES string of the molecule is Brc1ccc2cc(-c3ncn[nH]3)ncc2c1. The monoisotopic (exact) mass is 274 g/mol. The Bertz CT molecular complexity index is 634. The molecule has 0 saturated carbocycles. The van der Waals surface area contributed by atoms with Crippen molar-refractivity contribution in [3.8, 4) is 11.5 Å². The van der Waals surface area contributed by atoms with E-state index in [1.165, 1.54) is 6.33 Å². The van der Waals surface area contributed by atoms with E-state index in [0.717, 1.165) is 20.9 Å². The third-order valence-electron chi connectivity index (χ3n) is 2.34. The van der Waals surface area contributed by atoms with Gasteiger partial charge in [0, 0.05) is 16.1 Å². The van der Waals surface area contributed by atoms with Gasteiger partial charge in [0.2, 0.25) is 0 Å². The summed E-state index contributed by atoms with van der Waals surface area (Å²) in [5.41, 5.74) is 0.798. The predicted molar refractivity (Wildman–Crippen MR) is 64.8 cm³/mol. The summed E-state index contributed by atoms with van der Waals surface area (Å²) in [6, 6.07) is 8.07. The molecule has 0 atom stereocenters. The zero-order valence-corrected chi connectivity index (χ0v) is 9.77. The van der Waals surface area contributed by atoms with Crippen LogP contribution < -0.4 is 0 Å². The van der Waals surface area contributed by atoms with Gasteiger partial charge in [-0.1, -0.05) is 22.0 Å².